The van der Waals surface area contributed by atoms with Crippen LogP contribution in [0.1, 0.15) is 77.0 Å². The van der Waals surface area contributed by atoms with E-state index in [1.54, 1.807) is 24.8 Å². The van der Waals surface area contributed by atoms with E-state index < -0.39 is 0 Å². The Morgan fingerprint density at radius 3 is 1.06 bits per heavy atom. The fraction of sp³-hybridized carbons (Fsp3) is 0.421. The summed E-state index contributed by atoms with van der Waals surface area (Å²) in [6, 6.07) is 22.9. The highest BCUT2D eigenvalue weighted by atomic mass is 33.1. The van der Waals surface area contributed by atoms with Crippen molar-refractivity contribution in [1.29, 1.82) is 0 Å². The van der Waals surface area contributed by atoms with Gasteiger partial charge in [0.15, 0.2) is 0 Å². The van der Waals surface area contributed by atoms with Gasteiger partial charge in [0.1, 0.15) is 11.5 Å². The molecular weight excluding hydrogens is 637 g/mol. The largest absolute Gasteiger partial charge is 0.494 e. The number of aromatic nitrogens is 2. The molecule has 0 aliphatic rings. The van der Waals surface area contributed by atoms with E-state index in [1.807, 2.05) is 72.8 Å². The molecular formula is C38H48N6O2S2. The van der Waals surface area contributed by atoms with Gasteiger partial charge in [-0.05, 0) is 98.5 Å². The topological polar surface area (TPSA) is 93.7 Å². The van der Waals surface area contributed by atoms with Crippen LogP contribution in [0, 0.1) is 0 Å². The van der Waals surface area contributed by atoms with E-state index >= 15 is 0 Å². The van der Waals surface area contributed by atoms with E-state index in [-0.39, 0.29) is 0 Å². The highest BCUT2D eigenvalue weighted by molar-refractivity contribution is 8.76. The third-order valence-electron chi connectivity index (χ3n) is 7.43. The van der Waals surface area contributed by atoms with Crippen LogP contribution in [0.15, 0.2) is 118 Å². The summed E-state index contributed by atoms with van der Waals surface area (Å²) in [6.07, 6.45) is 22.0. The monoisotopic (exact) mass is 684 g/mol. The summed E-state index contributed by atoms with van der Waals surface area (Å²) in [5, 5.41) is 16.9. The standard InChI is InChI=1S/C38H48N6O2S2/c1(5-9-29-45-37-17-13-33(14-18-37)41-43-35-21-25-39-26-22-35)3-7-11-31-47-48-32-12-8-4-2-6-10-30-46-38-19-15-34(16-20-38)42-44-36-23-27-40-28-24-36/h13-28H,1-12,29-32H2. The van der Waals surface area contributed by atoms with Gasteiger partial charge < -0.3 is 9.47 Å². The summed E-state index contributed by atoms with van der Waals surface area (Å²) in [5.41, 5.74) is 3.20. The van der Waals surface area contributed by atoms with Crippen molar-refractivity contribution in [3.63, 3.8) is 0 Å². The number of rotatable bonds is 25. The van der Waals surface area contributed by atoms with Crippen molar-refractivity contribution in [3.05, 3.63) is 97.6 Å². The van der Waals surface area contributed by atoms with Gasteiger partial charge in [-0.1, -0.05) is 73.0 Å². The van der Waals surface area contributed by atoms with Crippen LogP contribution in [0.4, 0.5) is 22.7 Å². The van der Waals surface area contributed by atoms with Gasteiger partial charge in [0, 0.05) is 36.3 Å². The molecule has 0 aliphatic heterocycles. The van der Waals surface area contributed by atoms with E-state index in [1.165, 1.54) is 75.7 Å². The Balaban J connectivity index is 0.857. The van der Waals surface area contributed by atoms with Crippen LogP contribution in [0.2, 0.25) is 0 Å². The van der Waals surface area contributed by atoms with Crippen molar-refractivity contribution < 1.29 is 9.47 Å². The van der Waals surface area contributed by atoms with Crippen LogP contribution in [-0.4, -0.2) is 34.7 Å². The van der Waals surface area contributed by atoms with E-state index in [0.717, 1.165) is 60.3 Å². The first kappa shape index (κ1) is 37.1. The summed E-state index contributed by atoms with van der Waals surface area (Å²) >= 11 is 0. The van der Waals surface area contributed by atoms with Gasteiger partial charge in [0.2, 0.25) is 0 Å². The number of nitrogens with zero attached hydrogens (tertiary/aromatic N) is 6. The maximum absolute atomic E-state index is 5.89. The number of hydrogen-bond acceptors (Lipinski definition) is 10. The molecule has 0 bridgehead atoms. The molecule has 0 unspecified atom stereocenters. The normalized spacial score (nSPS) is 11.4. The highest BCUT2D eigenvalue weighted by Gasteiger charge is 1.99. The second-order valence-electron chi connectivity index (χ2n) is 11.4. The third kappa shape index (κ3) is 16.9. The molecule has 2 aromatic heterocycles. The number of unbranched alkanes of at least 4 members (excludes halogenated alkanes) is 10. The molecule has 0 saturated heterocycles. The number of ether oxygens (including phenoxy) is 2. The lowest BCUT2D eigenvalue weighted by Gasteiger charge is -2.06. The zero-order chi connectivity index (χ0) is 33.2. The lowest BCUT2D eigenvalue weighted by Crippen LogP contribution is -1.97. The van der Waals surface area contributed by atoms with Gasteiger partial charge in [0.25, 0.3) is 0 Å². The summed E-state index contributed by atoms with van der Waals surface area (Å²) < 4.78 is 11.8. The molecule has 0 amide bonds. The quantitative estimate of drug-likeness (QED) is 0.0392. The molecule has 0 saturated carbocycles. The Morgan fingerprint density at radius 1 is 0.375 bits per heavy atom. The van der Waals surface area contributed by atoms with Crippen molar-refractivity contribution in [2.75, 3.05) is 24.7 Å². The molecule has 0 N–H and O–H groups in total. The van der Waals surface area contributed by atoms with Crippen LogP contribution in [0.3, 0.4) is 0 Å². The van der Waals surface area contributed by atoms with Crippen molar-refractivity contribution in [1.82, 2.24) is 9.97 Å². The minimum Gasteiger partial charge on any atom is -0.494 e. The zero-order valence-electron chi connectivity index (χ0n) is 27.9. The van der Waals surface area contributed by atoms with Gasteiger partial charge >= 0.3 is 0 Å². The SMILES string of the molecule is c1cc(N=Nc2ccc(OCCCCCCCCSSCCCCCCCCOc3ccc(N=Nc4ccncc4)cc3)cc2)ccn1. The van der Waals surface area contributed by atoms with Crippen molar-refractivity contribution in [2.45, 2.75) is 77.0 Å². The van der Waals surface area contributed by atoms with Gasteiger partial charge in [-0.2, -0.15) is 20.5 Å². The van der Waals surface area contributed by atoms with Crippen molar-refractivity contribution in [2.24, 2.45) is 20.5 Å². The van der Waals surface area contributed by atoms with E-state index in [4.69, 9.17) is 9.47 Å². The lowest BCUT2D eigenvalue weighted by molar-refractivity contribution is 0.304. The Hall–Kier alpha value is -3.76. The Labute approximate surface area is 294 Å². The van der Waals surface area contributed by atoms with E-state index in [9.17, 15) is 0 Å². The third-order valence-corrected chi connectivity index (χ3v) is 10.0. The second kappa shape index (κ2) is 24.4. The molecule has 4 aromatic rings. The molecule has 0 fully saturated rings. The van der Waals surface area contributed by atoms with E-state index in [0.29, 0.717) is 0 Å². The highest BCUT2D eigenvalue weighted by Crippen LogP contribution is 2.26. The van der Waals surface area contributed by atoms with Crippen LogP contribution >= 0.6 is 21.6 Å². The van der Waals surface area contributed by atoms with Crippen LogP contribution in [-0.2, 0) is 0 Å². The average Bonchev–Trinajstić information content (AvgIpc) is 3.14. The molecule has 0 aliphatic carbocycles. The molecule has 10 heteroatoms. The smallest absolute Gasteiger partial charge is 0.119 e. The second-order valence-corrected chi connectivity index (χ2v) is 14.1. The molecule has 2 aromatic carbocycles. The molecule has 0 atom stereocenters. The fourth-order valence-corrected chi connectivity index (χ4v) is 7.00. The van der Waals surface area contributed by atoms with Gasteiger partial charge in [0.05, 0.1) is 36.0 Å². The van der Waals surface area contributed by atoms with Gasteiger partial charge in [-0.25, -0.2) is 0 Å². The first-order chi connectivity index (χ1) is 23.8. The molecule has 0 radical (unpaired) electrons. The van der Waals surface area contributed by atoms with E-state index in [2.05, 4.69) is 52.0 Å². The molecule has 2 heterocycles. The summed E-state index contributed by atoms with van der Waals surface area (Å²) in [4.78, 5) is 7.97. The molecule has 48 heavy (non-hydrogen) atoms. The van der Waals surface area contributed by atoms with Gasteiger partial charge in [-0.15, -0.1) is 0 Å². The Morgan fingerprint density at radius 2 is 0.688 bits per heavy atom. The summed E-state index contributed by atoms with van der Waals surface area (Å²) in [5.74, 6) is 4.31. The number of pyridine rings is 2. The first-order valence-corrected chi connectivity index (χ1v) is 19.7. The van der Waals surface area contributed by atoms with Gasteiger partial charge in [-0.3, -0.25) is 9.97 Å². The van der Waals surface area contributed by atoms with Crippen molar-refractivity contribution in [3.8, 4) is 11.5 Å². The summed E-state index contributed by atoms with van der Waals surface area (Å²) in [7, 11) is 4.10. The lowest BCUT2D eigenvalue weighted by atomic mass is 10.1. The van der Waals surface area contributed by atoms with Crippen LogP contribution < -0.4 is 9.47 Å². The maximum atomic E-state index is 5.89. The fourth-order valence-electron chi connectivity index (χ4n) is 4.71. The molecule has 254 valence electrons. The molecule has 8 nitrogen and oxygen atoms in total. The maximum Gasteiger partial charge on any atom is 0.119 e. The number of benzene rings is 2. The average molecular weight is 685 g/mol. The number of hydrogen-bond donors (Lipinski definition) is 0. The Bertz CT molecular complexity index is 1310. The predicted molar refractivity (Wildman–Crippen MR) is 201 cm³/mol. The van der Waals surface area contributed by atoms with Crippen LogP contribution in [0.5, 0.6) is 11.5 Å². The molecule has 0 spiro atoms. The first-order valence-electron chi connectivity index (χ1n) is 17.2. The molecule has 4 rings (SSSR count). The summed E-state index contributed by atoms with van der Waals surface area (Å²) in [6.45, 7) is 1.52. The predicted octanol–water partition coefficient (Wildman–Crippen LogP) is 12.8. The minimum absolute atomic E-state index is 0.762. The Kier molecular flexibility index (Phi) is 18.8. The number of azo groups is 2. The van der Waals surface area contributed by atoms with Crippen molar-refractivity contribution >= 4 is 44.3 Å². The van der Waals surface area contributed by atoms with Crippen LogP contribution in [0.25, 0.3) is 0 Å². The zero-order valence-corrected chi connectivity index (χ0v) is 29.5. The minimum atomic E-state index is 0.762.